The van der Waals surface area contributed by atoms with Crippen molar-refractivity contribution in [2.75, 3.05) is 11.8 Å². The van der Waals surface area contributed by atoms with E-state index < -0.39 is 10.0 Å². The standard InChI is InChI=1S/C18H17ClN2O4S/c1-11-4-6-15(14(19)8-11)21-26(22,23)18-10-13(5-7-16(18)24-3)17-9-12(2)20-25-17/h4-10,21H,1-3H3. The van der Waals surface area contributed by atoms with E-state index in [-0.39, 0.29) is 10.6 Å². The molecule has 3 rings (SSSR count). The van der Waals surface area contributed by atoms with Crippen LogP contribution in [0.5, 0.6) is 5.75 Å². The lowest BCUT2D eigenvalue weighted by Gasteiger charge is -2.13. The molecule has 1 heterocycles. The van der Waals surface area contributed by atoms with Crippen molar-refractivity contribution >= 4 is 27.3 Å². The molecule has 136 valence electrons. The molecule has 0 atom stereocenters. The van der Waals surface area contributed by atoms with Crippen LogP contribution in [0.2, 0.25) is 5.02 Å². The molecule has 0 fully saturated rings. The summed E-state index contributed by atoms with van der Waals surface area (Å²) in [5.41, 5.74) is 2.49. The van der Waals surface area contributed by atoms with Gasteiger partial charge in [0.2, 0.25) is 0 Å². The van der Waals surface area contributed by atoms with Crippen molar-refractivity contribution in [1.29, 1.82) is 0 Å². The van der Waals surface area contributed by atoms with Crippen LogP contribution in [-0.2, 0) is 10.0 Å². The van der Waals surface area contributed by atoms with Gasteiger partial charge in [-0.25, -0.2) is 8.42 Å². The van der Waals surface area contributed by atoms with Crippen LogP contribution in [0.1, 0.15) is 11.3 Å². The zero-order valence-electron chi connectivity index (χ0n) is 14.4. The summed E-state index contributed by atoms with van der Waals surface area (Å²) < 4.78 is 38.8. The van der Waals surface area contributed by atoms with E-state index in [4.69, 9.17) is 20.9 Å². The van der Waals surface area contributed by atoms with Crippen LogP contribution in [-0.4, -0.2) is 20.7 Å². The summed E-state index contributed by atoms with van der Waals surface area (Å²) in [5, 5.41) is 4.14. The van der Waals surface area contributed by atoms with E-state index in [0.29, 0.717) is 27.7 Å². The van der Waals surface area contributed by atoms with Crippen LogP contribution in [0.25, 0.3) is 11.3 Å². The Morgan fingerprint density at radius 2 is 1.88 bits per heavy atom. The van der Waals surface area contributed by atoms with Crippen molar-refractivity contribution in [2.24, 2.45) is 0 Å². The molecule has 0 saturated carbocycles. The summed E-state index contributed by atoms with van der Waals surface area (Å²) in [5.74, 6) is 0.677. The molecule has 0 unspecified atom stereocenters. The Labute approximate surface area is 156 Å². The molecule has 0 spiro atoms. The number of halogens is 1. The molecule has 3 aromatic rings. The first kappa shape index (κ1) is 18.3. The molecule has 26 heavy (non-hydrogen) atoms. The molecule has 1 aromatic heterocycles. The van der Waals surface area contributed by atoms with Gasteiger partial charge in [0.15, 0.2) is 5.76 Å². The Balaban J connectivity index is 2.05. The van der Waals surface area contributed by atoms with Gasteiger partial charge in [0.25, 0.3) is 10.0 Å². The SMILES string of the molecule is COc1ccc(-c2cc(C)no2)cc1S(=O)(=O)Nc1ccc(C)cc1Cl. The number of hydrogen-bond donors (Lipinski definition) is 1. The molecular formula is C18H17ClN2O4S. The third-order valence-electron chi connectivity index (χ3n) is 3.73. The zero-order chi connectivity index (χ0) is 18.9. The smallest absolute Gasteiger partial charge is 0.265 e. The van der Waals surface area contributed by atoms with Crippen molar-refractivity contribution in [1.82, 2.24) is 5.16 Å². The molecule has 0 aliphatic carbocycles. The van der Waals surface area contributed by atoms with E-state index in [2.05, 4.69) is 9.88 Å². The quantitative estimate of drug-likeness (QED) is 0.695. The second kappa shape index (κ2) is 7.01. The highest BCUT2D eigenvalue weighted by molar-refractivity contribution is 7.92. The topological polar surface area (TPSA) is 81.4 Å². The molecule has 0 aliphatic heterocycles. The number of sulfonamides is 1. The van der Waals surface area contributed by atoms with Crippen LogP contribution >= 0.6 is 11.6 Å². The fourth-order valence-corrected chi connectivity index (χ4v) is 4.06. The monoisotopic (exact) mass is 392 g/mol. The first-order valence-electron chi connectivity index (χ1n) is 7.71. The van der Waals surface area contributed by atoms with E-state index >= 15 is 0 Å². The van der Waals surface area contributed by atoms with Gasteiger partial charge in [0.05, 0.1) is 23.5 Å². The average molecular weight is 393 g/mol. The summed E-state index contributed by atoms with van der Waals surface area (Å²) in [6.45, 7) is 3.66. The van der Waals surface area contributed by atoms with Gasteiger partial charge in [-0.15, -0.1) is 0 Å². The number of ether oxygens (including phenoxy) is 1. The van der Waals surface area contributed by atoms with Gasteiger partial charge in [-0.1, -0.05) is 22.8 Å². The minimum atomic E-state index is -3.94. The minimum absolute atomic E-state index is 0.0248. The van der Waals surface area contributed by atoms with Gasteiger partial charge < -0.3 is 9.26 Å². The second-order valence-electron chi connectivity index (χ2n) is 5.79. The Kier molecular flexibility index (Phi) is 4.93. The first-order valence-corrected chi connectivity index (χ1v) is 9.57. The third-order valence-corrected chi connectivity index (χ3v) is 5.43. The minimum Gasteiger partial charge on any atom is -0.495 e. The van der Waals surface area contributed by atoms with Crippen molar-refractivity contribution in [2.45, 2.75) is 18.7 Å². The van der Waals surface area contributed by atoms with Crippen LogP contribution in [0.4, 0.5) is 5.69 Å². The fourth-order valence-electron chi connectivity index (χ4n) is 2.44. The van der Waals surface area contributed by atoms with E-state index in [9.17, 15) is 8.42 Å². The molecular weight excluding hydrogens is 376 g/mol. The maximum absolute atomic E-state index is 12.9. The number of anilines is 1. The summed E-state index contributed by atoms with van der Waals surface area (Å²) in [6.07, 6.45) is 0. The summed E-state index contributed by atoms with van der Waals surface area (Å²) >= 11 is 6.15. The number of aryl methyl sites for hydroxylation is 2. The number of nitrogens with one attached hydrogen (secondary N) is 1. The molecule has 6 nitrogen and oxygen atoms in total. The Morgan fingerprint density at radius 3 is 2.50 bits per heavy atom. The van der Waals surface area contributed by atoms with E-state index in [0.717, 1.165) is 5.56 Å². The molecule has 0 aliphatic rings. The normalized spacial score (nSPS) is 11.4. The van der Waals surface area contributed by atoms with Gasteiger partial charge in [-0.05, 0) is 49.7 Å². The molecule has 0 saturated heterocycles. The van der Waals surface area contributed by atoms with Crippen LogP contribution < -0.4 is 9.46 Å². The molecule has 1 N–H and O–H groups in total. The number of aromatic nitrogens is 1. The zero-order valence-corrected chi connectivity index (χ0v) is 16.0. The molecule has 0 bridgehead atoms. The van der Waals surface area contributed by atoms with Crippen molar-refractivity contribution in [3.63, 3.8) is 0 Å². The van der Waals surface area contributed by atoms with Crippen LogP contribution in [0, 0.1) is 13.8 Å². The van der Waals surface area contributed by atoms with Gasteiger partial charge >= 0.3 is 0 Å². The first-order chi connectivity index (χ1) is 12.3. The number of hydrogen-bond acceptors (Lipinski definition) is 5. The van der Waals surface area contributed by atoms with Gasteiger partial charge in [0, 0.05) is 11.6 Å². The number of methoxy groups -OCH3 is 1. The number of rotatable bonds is 5. The van der Waals surface area contributed by atoms with Crippen LogP contribution in [0.15, 0.2) is 51.9 Å². The highest BCUT2D eigenvalue weighted by Gasteiger charge is 2.22. The molecule has 8 heteroatoms. The van der Waals surface area contributed by atoms with E-state index in [1.807, 2.05) is 6.92 Å². The van der Waals surface area contributed by atoms with Crippen molar-refractivity contribution < 1.29 is 17.7 Å². The summed E-state index contributed by atoms with van der Waals surface area (Å²) in [7, 11) is -2.53. The number of benzene rings is 2. The summed E-state index contributed by atoms with van der Waals surface area (Å²) in [6, 6.07) is 11.5. The molecule has 0 radical (unpaired) electrons. The molecule has 2 aromatic carbocycles. The van der Waals surface area contributed by atoms with Gasteiger partial charge in [-0.3, -0.25) is 4.72 Å². The average Bonchev–Trinajstić information content (AvgIpc) is 3.03. The Morgan fingerprint density at radius 1 is 1.12 bits per heavy atom. The maximum atomic E-state index is 12.9. The summed E-state index contributed by atoms with van der Waals surface area (Å²) in [4.78, 5) is -0.0248. The van der Waals surface area contributed by atoms with Crippen LogP contribution in [0.3, 0.4) is 0 Å². The second-order valence-corrected chi connectivity index (χ2v) is 7.85. The van der Waals surface area contributed by atoms with Crippen molar-refractivity contribution in [3.8, 4) is 17.1 Å². The third kappa shape index (κ3) is 3.68. The largest absolute Gasteiger partial charge is 0.495 e. The lowest BCUT2D eigenvalue weighted by molar-refractivity contribution is 0.402. The maximum Gasteiger partial charge on any atom is 0.265 e. The number of nitrogens with zero attached hydrogens (tertiary/aromatic N) is 1. The van der Waals surface area contributed by atoms with Gasteiger partial charge in [-0.2, -0.15) is 0 Å². The predicted molar refractivity (Wildman–Crippen MR) is 100 cm³/mol. The molecule has 0 amide bonds. The lowest BCUT2D eigenvalue weighted by Crippen LogP contribution is -2.14. The van der Waals surface area contributed by atoms with E-state index in [1.54, 1.807) is 43.3 Å². The predicted octanol–water partition coefficient (Wildman–Crippen LogP) is 4.42. The van der Waals surface area contributed by atoms with Gasteiger partial charge in [0.1, 0.15) is 10.6 Å². The highest BCUT2D eigenvalue weighted by atomic mass is 35.5. The Bertz CT molecular complexity index is 1060. The fraction of sp³-hybridized carbons (Fsp3) is 0.167. The Hall–Kier alpha value is -2.51. The lowest BCUT2D eigenvalue weighted by atomic mass is 10.1. The highest BCUT2D eigenvalue weighted by Crippen LogP contribution is 2.33. The van der Waals surface area contributed by atoms with Crippen molar-refractivity contribution in [3.05, 3.63) is 58.7 Å². The van der Waals surface area contributed by atoms with E-state index in [1.165, 1.54) is 13.2 Å².